The molecule has 0 bridgehead atoms. The van der Waals surface area contributed by atoms with E-state index in [0.717, 1.165) is 25.9 Å². The Morgan fingerprint density at radius 2 is 0.807 bits per heavy atom. The fourth-order valence-electron chi connectivity index (χ4n) is 9.11. The van der Waals surface area contributed by atoms with Crippen LogP contribution in [0.25, 0.3) is 0 Å². The third-order valence-electron chi connectivity index (χ3n) is 12.9. The molecule has 0 N–H and O–H groups in total. The van der Waals surface area contributed by atoms with E-state index >= 15 is 0 Å². The average molecular weight is 782 g/mol. The summed E-state index contributed by atoms with van der Waals surface area (Å²) in [4.78, 5) is 0. The summed E-state index contributed by atoms with van der Waals surface area (Å²) in [5.41, 5.74) is 4.43. The van der Waals surface area contributed by atoms with Gasteiger partial charge in [0.15, 0.2) is 0 Å². The lowest BCUT2D eigenvalue weighted by Crippen LogP contribution is -2.41. The molecular weight excluding hydrogens is 689 g/mol. The Morgan fingerprint density at radius 3 is 1.23 bits per heavy atom. The lowest BCUT2D eigenvalue weighted by molar-refractivity contribution is -0.710. The van der Waals surface area contributed by atoms with E-state index in [0.29, 0.717) is 5.92 Å². The smallest absolute Gasteiger partial charge is 0.234 e. The molecule has 0 fully saturated rings. The summed E-state index contributed by atoms with van der Waals surface area (Å²) in [6.07, 6.45) is 50.2. The van der Waals surface area contributed by atoms with Gasteiger partial charge in [-0.15, -0.1) is 0 Å². The van der Waals surface area contributed by atoms with Gasteiger partial charge in [0.1, 0.15) is 11.9 Å². The molecule has 0 spiro atoms. The molecular formula is C55H93N2+. The molecule has 2 aromatic carbocycles. The van der Waals surface area contributed by atoms with E-state index in [1.807, 2.05) is 0 Å². The molecule has 0 aliphatic carbocycles. The largest absolute Gasteiger partial charge is 0.261 e. The summed E-state index contributed by atoms with van der Waals surface area (Å²) in [5.74, 6) is 2.04. The normalized spacial score (nSPS) is 12.1. The van der Waals surface area contributed by atoms with Crippen LogP contribution in [0.4, 0.5) is 0 Å². The van der Waals surface area contributed by atoms with Crippen molar-refractivity contribution in [3.05, 3.63) is 89.5 Å². The quantitative estimate of drug-likeness (QED) is 0.0403. The molecule has 3 aromatic rings. The molecule has 0 saturated carbocycles. The highest BCUT2D eigenvalue weighted by Gasteiger charge is 2.25. The van der Waals surface area contributed by atoms with E-state index in [1.54, 1.807) is 0 Å². The van der Waals surface area contributed by atoms with Crippen molar-refractivity contribution in [2.45, 2.75) is 258 Å². The molecule has 1 heterocycles. The van der Waals surface area contributed by atoms with E-state index in [9.17, 15) is 0 Å². The van der Waals surface area contributed by atoms with Gasteiger partial charge in [0, 0.05) is 6.42 Å². The summed E-state index contributed by atoms with van der Waals surface area (Å²) in [6, 6.07) is 22.5. The maximum Gasteiger partial charge on any atom is 0.261 e. The van der Waals surface area contributed by atoms with Crippen molar-refractivity contribution >= 4 is 0 Å². The summed E-state index contributed by atoms with van der Waals surface area (Å²) < 4.78 is 5.44. The van der Waals surface area contributed by atoms with Crippen LogP contribution in [0, 0.1) is 0 Å². The van der Waals surface area contributed by atoms with Gasteiger partial charge in [-0.2, -0.15) is 0 Å². The topological polar surface area (TPSA) is 8.81 Å². The first-order valence-corrected chi connectivity index (χ1v) is 25.4. The summed E-state index contributed by atoms with van der Waals surface area (Å²) in [7, 11) is 0. The third kappa shape index (κ3) is 23.7. The highest BCUT2D eigenvalue weighted by molar-refractivity contribution is 5.21. The molecule has 1 unspecified atom stereocenters. The zero-order chi connectivity index (χ0) is 40.3. The molecule has 1 aromatic heterocycles. The lowest BCUT2D eigenvalue weighted by Gasteiger charge is -2.12. The highest BCUT2D eigenvalue weighted by Crippen LogP contribution is 2.22. The number of unbranched alkanes of at least 4 members (excludes halogenated alkanes) is 30. The van der Waals surface area contributed by atoms with Crippen molar-refractivity contribution in [1.29, 1.82) is 0 Å². The van der Waals surface area contributed by atoms with Gasteiger partial charge >= 0.3 is 0 Å². The number of rotatable bonds is 39. The number of aryl methyl sites for hydroxylation is 1. The van der Waals surface area contributed by atoms with Crippen molar-refractivity contribution in [1.82, 2.24) is 4.57 Å². The number of nitrogens with zero attached hydrogens (tertiary/aromatic N) is 2. The second-order valence-electron chi connectivity index (χ2n) is 18.2. The minimum absolute atomic E-state index is 0.513. The van der Waals surface area contributed by atoms with Crippen molar-refractivity contribution in [2.24, 2.45) is 0 Å². The Hall–Kier alpha value is -2.35. The maximum absolute atomic E-state index is 2.77. The van der Waals surface area contributed by atoms with Crippen molar-refractivity contribution < 1.29 is 4.57 Å². The lowest BCUT2D eigenvalue weighted by atomic mass is 9.96. The van der Waals surface area contributed by atoms with Crippen LogP contribution in [-0.2, 0) is 25.9 Å². The Kier molecular flexibility index (Phi) is 29.7. The van der Waals surface area contributed by atoms with Gasteiger partial charge in [-0.25, -0.2) is 9.13 Å². The Labute approximate surface area is 355 Å². The van der Waals surface area contributed by atoms with Gasteiger partial charge in [0.25, 0.3) is 5.82 Å². The van der Waals surface area contributed by atoms with Crippen LogP contribution >= 0.6 is 0 Å². The number of hydrogen-bond donors (Lipinski definition) is 0. The molecule has 322 valence electrons. The summed E-state index contributed by atoms with van der Waals surface area (Å²) in [5, 5.41) is 0. The summed E-state index contributed by atoms with van der Waals surface area (Å²) >= 11 is 0. The minimum atomic E-state index is 0.513. The van der Waals surface area contributed by atoms with E-state index in [2.05, 4.69) is 96.8 Å². The average Bonchev–Trinajstić information content (AvgIpc) is 3.55. The van der Waals surface area contributed by atoms with E-state index in [4.69, 9.17) is 0 Å². The van der Waals surface area contributed by atoms with Crippen LogP contribution < -0.4 is 4.57 Å². The molecule has 0 radical (unpaired) electrons. The molecule has 0 aliphatic rings. The van der Waals surface area contributed by atoms with Gasteiger partial charge in [0.05, 0.1) is 19.5 Å². The fraction of sp³-hybridized carbons (Fsp3) is 0.727. The van der Waals surface area contributed by atoms with Gasteiger partial charge in [-0.3, -0.25) is 0 Å². The van der Waals surface area contributed by atoms with Gasteiger partial charge in [-0.1, -0.05) is 261 Å². The standard InChI is InChI=1S/C55H93N2/c1-4-6-8-10-12-14-16-18-20-21-23-25-27-29-31-33-41-47-57-54(48-51(3)53-44-38-35-39-45-53)50-56(55(57)49-52-42-36-34-37-43-52)46-40-32-30-28-26-24-22-19-17-15-13-11-9-7-5-2/h34-39,42-45,50-51H,4-33,40-41,46-49H2,1-3H3/q+1. The van der Waals surface area contributed by atoms with Crippen LogP contribution in [0.1, 0.15) is 255 Å². The van der Waals surface area contributed by atoms with Crippen LogP contribution in [-0.4, -0.2) is 4.57 Å². The molecule has 2 heteroatoms. The molecule has 1 atom stereocenters. The second-order valence-corrected chi connectivity index (χ2v) is 18.2. The Balaban J connectivity index is 1.44. The third-order valence-corrected chi connectivity index (χ3v) is 12.9. The number of hydrogen-bond acceptors (Lipinski definition) is 0. The number of benzene rings is 2. The number of aromatic nitrogens is 2. The molecule has 57 heavy (non-hydrogen) atoms. The first-order chi connectivity index (χ1) is 28.2. The zero-order valence-electron chi connectivity index (χ0n) is 38.3. The van der Waals surface area contributed by atoms with Crippen LogP contribution in [0.3, 0.4) is 0 Å². The van der Waals surface area contributed by atoms with Gasteiger partial charge < -0.3 is 0 Å². The van der Waals surface area contributed by atoms with Crippen molar-refractivity contribution in [3.8, 4) is 0 Å². The zero-order valence-corrected chi connectivity index (χ0v) is 38.3. The predicted molar refractivity (Wildman–Crippen MR) is 252 cm³/mol. The molecule has 2 nitrogen and oxygen atoms in total. The second kappa shape index (κ2) is 34.5. The number of imidazole rings is 1. The highest BCUT2D eigenvalue weighted by atomic mass is 15.2. The van der Waals surface area contributed by atoms with Gasteiger partial charge in [-0.05, 0) is 42.7 Å². The first kappa shape index (κ1) is 49.0. The van der Waals surface area contributed by atoms with Crippen LogP contribution in [0.2, 0.25) is 0 Å². The van der Waals surface area contributed by atoms with Crippen LogP contribution in [0.5, 0.6) is 0 Å². The summed E-state index contributed by atoms with van der Waals surface area (Å²) in [6.45, 7) is 9.36. The molecule has 3 rings (SSSR count). The van der Waals surface area contributed by atoms with E-state index in [-0.39, 0.29) is 0 Å². The molecule has 0 aliphatic heterocycles. The van der Waals surface area contributed by atoms with Gasteiger partial charge in [0.2, 0.25) is 0 Å². The van der Waals surface area contributed by atoms with Crippen molar-refractivity contribution in [2.75, 3.05) is 0 Å². The first-order valence-electron chi connectivity index (χ1n) is 25.4. The fourth-order valence-corrected chi connectivity index (χ4v) is 9.11. The van der Waals surface area contributed by atoms with E-state index in [1.165, 1.54) is 228 Å². The van der Waals surface area contributed by atoms with Crippen LogP contribution in [0.15, 0.2) is 66.9 Å². The minimum Gasteiger partial charge on any atom is -0.234 e. The Bertz CT molecular complexity index is 1290. The monoisotopic (exact) mass is 782 g/mol. The predicted octanol–water partition coefficient (Wildman–Crippen LogP) is 17.2. The molecule has 0 amide bonds. The maximum atomic E-state index is 2.77. The SMILES string of the molecule is CCCCCCCCCCCCCCCCCCC[n+]1c(CC(C)c2ccccc2)cn(CCCCCCCCCCCCCCCCC)c1Cc1ccccc1. The van der Waals surface area contributed by atoms with E-state index < -0.39 is 0 Å². The Morgan fingerprint density at radius 1 is 0.439 bits per heavy atom. The van der Waals surface area contributed by atoms with Crippen molar-refractivity contribution in [3.63, 3.8) is 0 Å². The molecule has 0 saturated heterocycles.